The number of hydrogen-bond acceptors (Lipinski definition) is 7. The van der Waals surface area contributed by atoms with E-state index in [9.17, 15) is 13.5 Å². The average Bonchev–Trinajstić information content (AvgIpc) is 3.26. The lowest BCUT2D eigenvalue weighted by atomic mass is 9.98. The Hall–Kier alpha value is -3.12. The van der Waals surface area contributed by atoms with Gasteiger partial charge in [-0.15, -0.1) is 0 Å². The minimum absolute atomic E-state index is 0.161. The molecular weight excluding hydrogens is 430 g/mol. The molecule has 1 unspecified atom stereocenters. The van der Waals surface area contributed by atoms with E-state index in [0.717, 1.165) is 0 Å². The minimum atomic E-state index is -3.72. The van der Waals surface area contributed by atoms with Crippen molar-refractivity contribution in [2.45, 2.75) is 43.3 Å². The molecule has 3 rings (SSSR count). The molecule has 32 heavy (non-hydrogen) atoms. The summed E-state index contributed by atoms with van der Waals surface area (Å²) in [5.74, 6) is -0.212. The topological polar surface area (TPSA) is 110 Å². The molecule has 3 aromatic rings. The van der Waals surface area contributed by atoms with Crippen molar-refractivity contribution in [1.29, 1.82) is 5.26 Å². The summed E-state index contributed by atoms with van der Waals surface area (Å²) < 4.78 is 42.8. The lowest BCUT2D eigenvalue weighted by molar-refractivity contribution is -0.170. The highest BCUT2D eigenvalue weighted by Crippen LogP contribution is 2.41. The summed E-state index contributed by atoms with van der Waals surface area (Å²) >= 11 is 0. The molecule has 0 saturated carbocycles. The lowest BCUT2D eigenvalue weighted by Crippen LogP contribution is -2.24. The maximum atomic E-state index is 13.1. The molecule has 0 spiro atoms. The molecule has 1 aromatic heterocycles. The van der Waals surface area contributed by atoms with Gasteiger partial charge in [0, 0.05) is 11.1 Å². The molecule has 0 fully saturated rings. The molecule has 168 valence electrons. The highest BCUT2D eigenvalue weighted by molar-refractivity contribution is 7.90. The second-order valence-electron chi connectivity index (χ2n) is 8.13. The first-order valence-electron chi connectivity index (χ1n) is 9.94. The van der Waals surface area contributed by atoms with Crippen LogP contribution in [0, 0.1) is 11.3 Å². The van der Waals surface area contributed by atoms with Crippen LogP contribution in [0.2, 0.25) is 0 Å². The van der Waals surface area contributed by atoms with Crippen molar-refractivity contribution in [3.63, 3.8) is 0 Å². The number of benzene rings is 2. The van der Waals surface area contributed by atoms with Gasteiger partial charge in [0.25, 0.3) is 0 Å². The normalized spacial score (nSPS) is 12.8. The van der Waals surface area contributed by atoms with Crippen molar-refractivity contribution < 1.29 is 27.4 Å². The first kappa shape index (κ1) is 23.5. The van der Waals surface area contributed by atoms with E-state index >= 15 is 0 Å². The standard InChI is InChI=1S/C24H25NO6S/c1-24(2,3)31-23(26)21-18(16-32(27,28)19-7-5-4-6-8-19)9-10-20(17-11-13-29-15-17)22(21)30-14-12-25/h4-11,13,15,23,26H,14,16H2,1-3H3. The SMILES string of the molecule is CC(C)(C)OC(O)c1c(CS(=O)(=O)c2ccccc2)ccc(-c2ccoc2)c1OCC#N. The lowest BCUT2D eigenvalue weighted by Gasteiger charge is -2.27. The predicted octanol–water partition coefficient (Wildman–Crippen LogP) is 4.63. The largest absolute Gasteiger partial charge is 0.478 e. The molecule has 0 aliphatic carbocycles. The van der Waals surface area contributed by atoms with Crippen LogP contribution < -0.4 is 4.74 Å². The summed E-state index contributed by atoms with van der Waals surface area (Å²) in [4.78, 5) is 0.163. The Morgan fingerprint density at radius 3 is 2.44 bits per heavy atom. The van der Waals surface area contributed by atoms with Crippen LogP contribution >= 0.6 is 0 Å². The zero-order chi connectivity index (χ0) is 23.4. The molecule has 1 heterocycles. The fraction of sp³-hybridized carbons (Fsp3) is 0.292. The Balaban J connectivity index is 2.18. The van der Waals surface area contributed by atoms with E-state index in [1.54, 1.807) is 57.2 Å². The zero-order valence-corrected chi connectivity index (χ0v) is 18.9. The summed E-state index contributed by atoms with van der Waals surface area (Å²) in [5.41, 5.74) is 0.938. The molecule has 7 nitrogen and oxygen atoms in total. The van der Waals surface area contributed by atoms with E-state index in [-0.39, 0.29) is 28.6 Å². The van der Waals surface area contributed by atoms with E-state index in [2.05, 4.69) is 0 Å². The number of nitrogens with zero attached hydrogens (tertiary/aromatic N) is 1. The summed E-state index contributed by atoms with van der Waals surface area (Å²) in [6.45, 7) is 5.01. The third kappa shape index (κ3) is 5.56. The van der Waals surface area contributed by atoms with Gasteiger partial charge in [-0.25, -0.2) is 8.42 Å². The number of aliphatic hydroxyl groups excluding tert-OH is 1. The fourth-order valence-electron chi connectivity index (χ4n) is 3.25. The van der Waals surface area contributed by atoms with Crippen LogP contribution in [0.15, 0.2) is 70.4 Å². The van der Waals surface area contributed by atoms with Crippen molar-refractivity contribution in [2.75, 3.05) is 6.61 Å². The molecule has 8 heteroatoms. The smallest absolute Gasteiger partial charge is 0.185 e. The number of nitriles is 1. The van der Waals surface area contributed by atoms with Gasteiger partial charge in [-0.2, -0.15) is 5.26 Å². The van der Waals surface area contributed by atoms with Crippen molar-refractivity contribution in [2.24, 2.45) is 0 Å². The van der Waals surface area contributed by atoms with Crippen molar-refractivity contribution in [3.05, 3.63) is 72.2 Å². The second-order valence-corrected chi connectivity index (χ2v) is 10.1. The Kier molecular flexibility index (Phi) is 7.04. The summed E-state index contributed by atoms with van der Waals surface area (Å²) in [5, 5.41) is 20.1. The Bertz CT molecular complexity index is 1190. The van der Waals surface area contributed by atoms with Crippen LogP contribution in [-0.4, -0.2) is 25.7 Å². The van der Waals surface area contributed by atoms with Crippen LogP contribution in [0.1, 0.15) is 38.2 Å². The minimum Gasteiger partial charge on any atom is -0.478 e. The molecule has 1 atom stereocenters. The molecular formula is C24H25NO6S. The van der Waals surface area contributed by atoms with Gasteiger partial charge < -0.3 is 19.0 Å². The summed E-state index contributed by atoms with van der Waals surface area (Å²) in [7, 11) is -3.72. The maximum absolute atomic E-state index is 13.1. The van der Waals surface area contributed by atoms with Crippen molar-refractivity contribution >= 4 is 9.84 Å². The number of aliphatic hydroxyl groups is 1. The number of ether oxygens (including phenoxy) is 2. The van der Waals surface area contributed by atoms with Gasteiger partial charge in [-0.05, 0) is 44.5 Å². The number of furan rings is 1. The molecule has 0 saturated heterocycles. The van der Waals surface area contributed by atoms with Gasteiger partial charge in [-0.1, -0.05) is 30.3 Å². The Morgan fingerprint density at radius 1 is 1.12 bits per heavy atom. The quantitative estimate of drug-likeness (QED) is 0.493. The molecule has 0 amide bonds. The highest BCUT2D eigenvalue weighted by Gasteiger charge is 2.29. The molecule has 0 bridgehead atoms. The molecule has 0 aliphatic rings. The van der Waals surface area contributed by atoms with Crippen LogP contribution in [-0.2, 0) is 20.3 Å². The van der Waals surface area contributed by atoms with Crippen LogP contribution in [0.4, 0.5) is 0 Å². The van der Waals surface area contributed by atoms with Crippen LogP contribution in [0.3, 0.4) is 0 Å². The highest BCUT2D eigenvalue weighted by atomic mass is 32.2. The third-order valence-corrected chi connectivity index (χ3v) is 6.24. The average molecular weight is 456 g/mol. The maximum Gasteiger partial charge on any atom is 0.185 e. The fourth-order valence-corrected chi connectivity index (χ4v) is 4.65. The summed E-state index contributed by atoms with van der Waals surface area (Å²) in [6.07, 6.45) is 1.49. The first-order valence-corrected chi connectivity index (χ1v) is 11.6. The second kappa shape index (κ2) is 9.57. The van der Waals surface area contributed by atoms with Gasteiger partial charge in [0.1, 0.15) is 11.8 Å². The van der Waals surface area contributed by atoms with Crippen LogP contribution in [0.5, 0.6) is 5.75 Å². The van der Waals surface area contributed by atoms with Crippen molar-refractivity contribution in [3.8, 4) is 22.9 Å². The monoisotopic (exact) mass is 455 g/mol. The molecule has 0 radical (unpaired) electrons. The zero-order valence-electron chi connectivity index (χ0n) is 18.1. The van der Waals surface area contributed by atoms with Crippen molar-refractivity contribution in [1.82, 2.24) is 0 Å². The van der Waals surface area contributed by atoms with Crippen LogP contribution in [0.25, 0.3) is 11.1 Å². The van der Waals surface area contributed by atoms with Gasteiger partial charge >= 0.3 is 0 Å². The molecule has 2 aromatic carbocycles. The van der Waals surface area contributed by atoms with Gasteiger partial charge in [0.05, 0.1) is 34.3 Å². The predicted molar refractivity (Wildman–Crippen MR) is 118 cm³/mol. The van der Waals surface area contributed by atoms with E-state index in [0.29, 0.717) is 16.7 Å². The number of hydrogen-bond donors (Lipinski definition) is 1. The number of rotatable bonds is 8. The molecule has 0 aliphatic heterocycles. The Labute approximate surface area is 187 Å². The Morgan fingerprint density at radius 2 is 1.84 bits per heavy atom. The third-order valence-electron chi connectivity index (χ3n) is 4.56. The van der Waals surface area contributed by atoms with E-state index in [4.69, 9.17) is 19.2 Å². The number of sulfone groups is 1. The van der Waals surface area contributed by atoms with E-state index in [1.807, 2.05) is 6.07 Å². The van der Waals surface area contributed by atoms with E-state index < -0.39 is 21.7 Å². The summed E-state index contributed by atoms with van der Waals surface area (Å²) in [6, 6.07) is 15.0. The van der Waals surface area contributed by atoms with Gasteiger partial charge in [-0.3, -0.25) is 0 Å². The van der Waals surface area contributed by atoms with Gasteiger partial charge in [0.15, 0.2) is 22.7 Å². The molecule has 1 N–H and O–H groups in total. The van der Waals surface area contributed by atoms with E-state index in [1.165, 1.54) is 24.7 Å². The van der Waals surface area contributed by atoms with Gasteiger partial charge in [0.2, 0.25) is 0 Å². The first-order chi connectivity index (χ1) is 15.1.